The van der Waals surface area contributed by atoms with Crippen LogP contribution in [0.3, 0.4) is 0 Å². The van der Waals surface area contributed by atoms with Crippen molar-refractivity contribution in [3.05, 3.63) is 78.6 Å². The summed E-state index contributed by atoms with van der Waals surface area (Å²) in [5.41, 5.74) is 2.36. The first-order valence-corrected chi connectivity index (χ1v) is 11.6. The van der Waals surface area contributed by atoms with Gasteiger partial charge >= 0.3 is 0 Å². The van der Waals surface area contributed by atoms with Gasteiger partial charge in [-0.1, -0.05) is 35.6 Å². The molecule has 0 radical (unpaired) electrons. The van der Waals surface area contributed by atoms with E-state index in [1.54, 1.807) is 11.3 Å². The first-order chi connectivity index (χ1) is 14.8. The molecule has 0 aliphatic heterocycles. The third-order valence-corrected chi connectivity index (χ3v) is 6.60. The zero-order valence-corrected chi connectivity index (χ0v) is 17.9. The number of thiazole rings is 1. The first-order valence-electron chi connectivity index (χ1n) is 10.8. The van der Waals surface area contributed by atoms with E-state index in [-0.39, 0.29) is 0 Å². The molecule has 154 valence electrons. The van der Waals surface area contributed by atoms with E-state index in [1.807, 2.05) is 18.2 Å². The van der Waals surface area contributed by atoms with E-state index < -0.39 is 0 Å². The molecule has 1 fully saturated rings. The SMILES string of the molecule is c1ccc2sc(Oc3ccc(CCN(CCCn4cccc4)C4CC4)cc3)nc2c1. The fourth-order valence-electron chi connectivity index (χ4n) is 3.88. The van der Waals surface area contributed by atoms with Gasteiger partial charge in [-0.15, -0.1) is 0 Å². The highest BCUT2D eigenvalue weighted by Crippen LogP contribution is 2.31. The first kappa shape index (κ1) is 19.3. The van der Waals surface area contributed by atoms with E-state index in [0.717, 1.165) is 41.5 Å². The summed E-state index contributed by atoms with van der Waals surface area (Å²) in [5.74, 6) is 0.851. The standard InChI is InChI=1S/C25H27N3OS/c1-2-7-24-23(6-1)26-25(30-24)29-22-12-8-20(9-13-22)14-19-28(21-10-11-21)18-5-17-27-15-3-4-16-27/h1-4,6-9,12-13,15-16,21H,5,10-11,14,17-19H2. The molecular formula is C25H27N3OS. The largest absolute Gasteiger partial charge is 0.431 e. The van der Waals surface area contributed by atoms with Crippen LogP contribution in [0.25, 0.3) is 10.2 Å². The molecule has 4 nitrogen and oxygen atoms in total. The molecule has 0 unspecified atom stereocenters. The van der Waals surface area contributed by atoms with Gasteiger partial charge in [0, 0.05) is 38.1 Å². The number of rotatable bonds is 10. The minimum atomic E-state index is 0.701. The number of para-hydroxylation sites is 1. The van der Waals surface area contributed by atoms with E-state index >= 15 is 0 Å². The van der Waals surface area contributed by atoms with Crippen molar-refractivity contribution in [3.63, 3.8) is 0 Å². The molecule has 1 aliphatic rings. The highest BCUT2D eigenvalue weighted by molar-refractivity contribution is 7.20. The van der Waals surface area contributed by atoms with Crippen LogP contribution in [0.5, 0.6) is 10.9 Å². The van der Waals surface area contributed by atoms with Crippen molar-refractivity contribution >= 4 is 21.6 Å². The van der Waals surface area contributed by atoms with Crippen molar-refractivity contribution in [2.45, 2.75) is 38.3 Å². The van der Waals surface area contributed by atoms with Crippen LogP contribution < -0.4 is 4.74 Å². The third-order valence-electron chi connectivity index (χ3n) is 5.68. The highest BCUT2D eigenvalue weighted by atomic mass is 32.1. The Bertz CT molecular complexity index is 1030. The molecule has 0 N–H and O–H groups in total. The number of benzene rings is 2. The zero-order valence-electron chi connectivity index (χ0n) is 17.1. The van der Waals surface area contributed by atoms with Gasteiger partial charge in [0.2, 0.25) is 0 Å². The minimum absolute atomic E-state index is 0.701. The number of fused-ring (bicyclic) bond motifs is 1. The van der Waals surface area contributed by atoms with Gasteiger partial charge in [-0.3, -0.25) is 4.90 Å². The summed E-state index contributed by atoms with van der Waals surface area (Å²) in [6, 6.07) is 21.6. The fraction of sp³-hybridized carbons (Fsp3) is 0.320. The topological polar surface area (TPSA) is 30.3 Å². The van der Waals surface area contributed by atoms with Crippen LogP contribution in [-0.2, 0) is 13.0 Å². The molecule has 2 aromatic heterocycles. The van der Waals surface area contributed by atoms with Gasteiger partial charge in [-0.05, 0) is 67.6 Å². The van der Waals surface area contributed by atoms with Gasteiger partial charge in [0.15, 0.2) is 0 Å². The maximum Gasteiger partial charge on any atom is 0.279 e. The van der Waals surface area contributed by atoms with Crippen molar-refractivity contribution in [2.24, 2.45) is 0 Å². The molecular weight excluding hydrogens is 390 g/mol. The molecule has 0 atom stereocenters. The second-order valence-corrected chi connectivity index (χ2v) is 8.98. The Balaban J connectivity index is 1.13. The lowest BCUT2D eigenvalue weighted by molar-refractivity contribution is 0.258. The van der Waals surface area contributed by atoms with E-state index in [1.165, 1.54) is 31.4 Å². The molecule has 5 heteroatoms. The van der Waals surface area contributed by atoms with E-state index in [4.69, 9.17) is 4.74 Å². The number of hydrogen-bond acceptors (Lipinski definition) is 4. The molecule has 0 bridgehead atoms. The molecule has 2 aromatic carbocycles. The second-order valence-electron chi connectivity index (χ2n) is 7.99. The fourth-order valence-corrected chi connectivity index (χ4v) is 4.72. The van der Waals surface area contributed by atoms with Crippen LogP contribution in [0.2, 0.25) is 0 Å². The summed E-state index contributed by atoms with van der Waals surface area (Å²) in [6.45, 7) is 3.42. The Morgan fingerprint density at radius 3 is 2.53 bits per heavy atom. The predicted molar refractivity (Wildman–Crippen MR) is 123 cm³/mol. The smallest absolute Gasteiger partial charge is 0.279 e. The second kappa shape index (κ2) is 9.02. The summed E-state index contributed by atoms with van der Waals surface area (Å²) in [5, 5.41) is 0.701. The third kappa shape index (κ3) is 4.91. The average molecular weight is 418 g/mol. The number of nitrogens with zero attached hydrogens (tertiary/aromatic N) is 3. The van der Waals surface area contributed by atoms with Crippen LogP contribution in [0, 0.1) is 0 Å². The van der Waals surface area contributed by atoms with E-state index in [9.17, 15) is 0 Å². The highest BCUT2D eigenvalue weighted by Gasteiger charge is 2.28. The lowest BCUT2D eigenvalue weighted by Crippen LogP contribution is -2.30. The lowest BCUT2D eigenvalue weighted by atomic mass is 10.1. The van der Waals surface area contributed by atoms with Crippen LogP contribution in [0.4, 0.5) is 0 Å². The van der Waals surface area contributed by atoms with Crippen molar-refractivity contribution in [2.75, 3.05) is 13.1 Å². The molecule has 0 spiro atoms. The monoisotopic (exact) mass is 417 g/mol. The Morgan fingerprint density at radius 2 is 1.77 bits per heavy atom. The van der Waals surface area contributed by atoms with Crippen LogP contribution in [0.15, 0.2) is 73.1 Å². The van der Waals surface area contributed by atoms with Gasteiger partial charge in [-0.2, -0.15) is 0 Å². The summed E-state index contributed by atoms with van der Waals surface area (Å²) in [6.07, 6.45) is 9.32. The van der Waals surface area contributed by atoms with E-state index in [0.29, 0.717) is 5.19 Å². The van der Waals surface area contributed by atoms with Gasteiger partial charge < -0.3 is 9.30 Å². The minimum Gasteiger partial charge on any atom is -0.431 e. The van der Waals surface area contributed by atoms with Crippen LogP contribution >= 0.6 is 11.3 Å². The Kier molecular flexibility index (Phi) is 5.82. The maximum atomic E-state index is 5.98. The Hall–Kier alpha value is -2.63. The van der Waals surface area contributed by atoms with Crippen LogP contribution in [-0.4, -0.2) is 33.6 Å². The van der Waals surface area contributed by atoms with Gasteiger partial charge in [0.05, 0.1) is 10.2 Å². The molecule has 0 saturated heterocycles. The number of ether oxygens (including phenoxy) is 1. The molecule has 4 aromatic rings. The number of hydrogen-bond donors (Lipinski definition) is 0. The average Bonchev–Trinajstić information content (AvgIpc) is 3.32. The van der Waals surface area contributed by atoms with Gasteiger partial charge in [0.25, 0.3) is 5.19 Å². The molecule has 1 saturated carbocycles. The number of aryl methyl sites for hydroxylation is 1. The lowest BCUT2D eigenvalue weighted by Gasteiger charge is -2.22. The molecule has 2 heterocycles. The summed E-state index contributed by atoms with van der Waals surface area (Å²) in [7, 11) is 0. The molecule has 0 amide bonds. The summed E-state index contributed by atoms with van der Waals surface area (Å²) in [4.78, 5) is 7.23. The molecule has 1 aliphatic carbocycles. The van der Waals surface area contributed by atoms with Crippen molar-refractivity contribution < 1.29 is 4.74 Å². The molecule has 5 rings (SSSR count). The summed E-state index contributed by atoms with van der Waals surface area (Å²) < 4.78 is 9.40. The van der Waals surface area contributed by atoms with Crippen molar-refractivity contribution in [3.8, 4) is 10.9 Å². The maximum absolute atomic E-state index is 5.98. The normalized spacial score (nSPS) is 13.9. The Morgan fingerprint density at radius 1 is 0.967 bits per heavy atom. The number of aromatic nitrogens is 2. The Labute approximate surface area is 181 Å². The van der Waals surface area contributed by atoms with Crippen molar-refractivity contribution in [1.29, 1.82) is 0 Å². The summed E-state index contributed by atoms with van der Waals surface area (Å²) >= 11 is 1.59. The zero-order chi connectivity index (χ0) is 20.2. The van der Waals surface area contributed by atoms with E-state index in [2.05, 4.69) is 69.3 Å². The van der Waals surface area contributed by atoms with Crippen LogP contribution in [0.1, 0.15) is 24.8 Å². The van der Waals surface area contributed by atoms with Gasteiger partial charge in [-0.25, -0.2) is 4.98 Å². The van der Waals surface area contributed by atoms with Crippen molar-refractivity contribution in [1.82, 2.24) is 14.5 Å². The quantitative estimate of drug-likeness (QED) is 0.318. The molecule has 30 heavy (non-hydrogen) atoms. The predicted octanol–water partition coefficient (Wildman–Crippen LogP) is 5.99. The van der Waals surface area contributed by atoms with Gasteiger partial charge in [0.1, 0.15) is 5.75 Å².